The zero-order valence-corrected chi connectivity index (χ0v) is 33.1. The van der Waals surface area contributed by atoms with Crippen LogP contribution in [0.15, 0.2) is 0 Å². The Kier molecular flexibility index (Phi) is 31.4. The molecule has 0 heterocycles. The average molecular weight is 785 g/mol. The molecule has 2 unspecified atom stereocenters. The van der Waals surface area contributed by atoms with Gasteiger partial charge in [0.1, 0.15) is 29.5 Å². The normalized spacial score (nSPS) is 13.8. The predicted molar refractivity (Wildman–Crippen MR) is 175 cm³/mol. The Morgan fingerprint density at radius 2 is 0.891 bits per heavy atom. The zero-order chi connectivity index (χ0) is 36.9. The third-order valence-electron chi connectivity index (χ3n) is 4.02. The molecule has 0 bridgehead atoms. The van der Waals surface area contributed by atoms with E-state index in [4.69, 9.17) is 10.2 Å². The smallest absolute Gasteiger partial charge is 0.748 e. The Labute approximate surface area is 289 Å². The van der Waals surface area contributed by atoms with Crippen LogP contribution in [0, 0.1) is 5.92 Å². The van der Waals surface area contributed by atoms with Crippen molar-refractivity contribution in [1.82, 2.24) is 9.44 Å². The van der Waals surface area contributed by atoms with Crippen LogP contribution >= 0.6 is 0 Å². The topological polar surface area (TPSA) is 292 Å². The second-order valence-corrected chi connectivity index (χ2v) is 23.1. The fourth-order valence-corrected chi connectivity index (χ4v) is 7.79. The van der Waals surface area contributed by atoms with Gasteiger partial charge in [-0.05, 0) is 39.0 Å². The Morgan fingerprint density at radius 1 is 0.587 bits per heavy atom. The SMILES string of the molecule is CC(C)C.CC(CO)NS(=O)(=O)CCCS(C)(=O)=O.CC(O)CNS(=O)(=O)CCCS(C)(=O)=O.CS(=O)(=O)CCCS(=O)(=O)[O-].[Li+]. The maximum atomic E-state index is 11.3. The molecule has 0 rings (SSSR count). The Morgan fingerprint density at radius 3 is 1.15 bits per heavy atom. The van der Waals surface area contributed by atoms with E-state index in [1.807, 2.05) is 0 Å². The fraction of sp³-hybridized carbons (Fsp3) is 1.00. The minimum absolute atomic E-state index is 0. The number of aliphatic hydroxyl groups excluding tert-OH is 2. The maximum Gasteiger partial charge on any atom is 1.00 e. The summed E-state index contributed by atoms with van der Waals surface area (Å²) in [6.07, 6.45) is 2.36. The summed E-state index contributed by atoms with van der Waals surface area (Å²) in [7, 11) is -20.6. The first-order valence-electron chi connectivity index (χ1n) is 13.5. The minimum Gasteiger partial charge on any atom is -0.748 e. The van der Waals surface area contributed by atoms with Crippen molar-refractivity contribution in [2.24, 2.45) is 5.92 Å². The monoisotopic (exact) mass is 784 g/mol. The van der Waals surface area contributed by atoms with Crippen molar-refractivity contribution >= 4 is 59.7 Å². The summed E-state index contributed by atoms with van der Waals surface area (Å²) < 4.78 is 143. The van der Waals surface area contributed by atoms with Crippen molar-refractivity contribution in [3.8, 4) is 0 Å². The van der Waals surface area contributed by atoms with Gasteiger partial charge in [0.25, 0.3) is 0 Å². The van der Waals surface area contributed by atoms with E-state index >= 15 is 0 Å². The first-order valence-corrected chi connectivity index (χ1v) is 24.5. The molecule has 0 aromatic carbocycles. The van der Waals surface area contributed by atoms with Crippen LogP contribution < -0.4 is 28.3 Å². The molecule has 0 amide bonds. The standard InChI is InChI=1S/2C7H17NO5S2.C4H10O5S2.C4H10.Li/c1-7(6-9)8-15(12,13)5-3-4-14(2,10)11;1-7(9)6-8-15(12,13)5-3-4-14(2,10)11;1-10(5,6)3-2-4-11(7,8)9;1-4(2)3;/h2*7-9H,3-6H2,1-2H3;2-4H2,1H3,(H,7,8,9);4H,1-3H3;/q;;;;+1/p-1. The summed E-state index contributed by atoms with van der Waals surface area (Å²) in [5.41, 5.74) is 0. The van der Waals surface area contributed by atoms with E-state index in [1.54, 1.807) is 0 Å². The van der Waals surface area contributed by atoms with Crippen LogP contribution in [0.25, 0.3) is 0 Å². The van der Waals surface area contributed by atoms with Gasteiger partial charge < -0.3 is 14.8 Å². The first-order chi connectivity index (χ1) is 19.7. The van der Waals surface area contributed by atoms with E-state index in [-0.39, 0.29) is 80.0 Å². The number of aliphatic hydroxyl groups is 2. The summed E-state index contributed by atoms with van der Waals surface area (Å²) in [4.78, 5) is 0. The van der Waals surface area contributed by atoms with E-state index in [0.717, 1.165) is 24.7 Å². The van der Waals surface area contributed by atoms with Crippen molar-refractivity contribution < 1.29 is 84.1 Å². The van der Waals surface area contributed by atoms with Crippen molar-refractivity contribution in [1.29, 1.82) is 0 Å². The Bertz CT molecular complexity index is 1410. The molecule has 0 saturated carbocycles. The van der Waals surface area contributed by atoms with Gasteiger partial charge in [0.05, 0.1) is 51.6 Å². The molecule has 278 valence electrons. The van der Waals surface area contributed by atoms with Crippen molar-refractivity contribution in [3.63, 3.8) is 0 Å². The van der Waals surface area contributed by atoms with Gasteiger partial charge in [-0.25, -0.2) is 60.0 Å². The van der Waals surface area contributed by atoms with Crippen molar-refractivity contribution in [3.05, 3.63) is 0 Å². The molecule has 0 aromatic rings. The molecule has 0 aliphatic carbocycles. The maximum absolute atomic E-state index is 11.3. The molecule has 46 heavy (non-hydrogen) atoms. The number of sulfone groups is 3. The molecule has 2 atom stereocenters. The third-order valence-corrected chi connectivity index (χ3v) is 10.9. The van der Waals surface area contributed by atoms with Crippen LogP contribution in [0.3, 0.4) is 0 Å². The number of hydrogen-bond donors (Lipinski definition) is 4. The van der Waals surface area contributed by atoms with Gasteiger partial charge in [-0.2, -0.15) is 0 Å². The van der Waals surface area contributed by atoms with Crippen molar-refractivity contribution in [2.75, 3.05) is 66.4 Å². The summed E-state index contributed by atoms with van der Waals surface area (Å²) >= 11 is 0. The molecule has 0 saturated heterocycles. The van der Waals surface area contributed by atoms with Crippen LogP contribution in [-0.2, 0) is 59.7 Å². The third kappa shape index (κ3) is 59.5. The summed E-state index contributed by atoms with van der Waals surface area (Å²) in [5.74, 6) is -0.824. The predicted octanol–water partition coefficient (Wildman–Crippen LogP) is -4.92. The molecule has 0 aliphatic rings. The van der Waals surface area contributed by atoms with Gasteiger partial charge in [-0.15, -0.1) is 0 Å². The van der Waals surface area contributed by atoms with Gasteiger partial charge in [0.2, 0.25) is 20.0 Å². The van der Waals surface area contributed by atoms with Crippen LogP contribution in [-0.4, -0.2) is 144 Å². The van der Waals surface area contributed by atoms with Crippen molar-refractivity contribution in [2.45, 2.75) is 66.0 Å². The van der Waals surface area contributed by atoms with E-state index in [9.17, 15) is 55.1 Å². The number of hydrogen-bond acceptors (Lipinski definition) is 15. The van der Waals surface area contributed by atoms with E-state index in [1.165, 1.54) is 13.8 Å². The first kappa shape index (κ1) is 55.5. The molecule has 24 heteroatoms. The van der Waals surface area contributed by atoms with Crippen LogP contribution in [0.2, 0.25) is 0 Å². The van der Waals surface area contributed by atoms with E-state index in [2.05, 4.69) is 30.2 Å². The van der Waals surface area contributed by atoms with Crippen LogP contribution in [0.4, 0.5) is 0 Å². The second kappa shape index (κ2) is 26.0. The van der Waals surface area contributed by atoms with Gasteiger partial charge in [-0.1, -0.05) is 20.8 Å². The van der Waals surface area contributed by atoms with Crippen LogP contribution in [0.1, 0.15) is 53.9 Å². The molecular formula is C22H53LiN2O15S6. The summed E-state index contributed by atoms with van der Waals surface area (Å²) in [6, 6.07) is -0.548. The average Bonchev–Trinajstić information content (AvgIpc) is 2.74. The van der Waals surface area contributed by atoms with E-state index < -0.39 is 77.6 Å². The summed E-state index contributed by atoms with van der Waals surface area (Å²) in [6.45, 7) is 9.14. The molecule has 4 N–H and O–H groups in total. The van der Waals surface area contributed by atoms with Gasteiger partial charge >= 0.3 is 18.9 Å². The molecule has 0 aromatic heterocycles. The number of sulfonamides is 2. The Hall–Kier alpha value is 0.0974. The Balaban J connectivity index is -0.000000172. The fourth-order valence-electron chi connectivity index (χ4n) is 2.24. The molecule has 0 spiro atoms. The number of rotatable bonds is 18. The molecule has 0 fully saturated rings. The zero-order valence-electron chi connectivity index (χ0n) is 28.2. The van der Waals surface area contributed by atoms with Gasteiger partial charge in [0.15, 0.2) is 0 Å². The summed E-state index contributed by atoms with van der Waals surface area (Å²) in [5, 5.41) is 17.5. The molecular weight excluding hydrogens is 732 g/mol. The van der Waals surface area contributed by atoms with Gasteiger partial charge in [-0.3, -0.25) is 0 Å². The van der Waals surface area contributed by atoms with Gasteiger partial charge in [0, 0.05) is 37.1 Å². The molecule has 0 aliphatic heterocycles. The largest absolute Gasteiger partial charge is 1.00 e. The molecule has 17 nitrogen and oxygen atoms in total. The minimum atomic E-state index is -4.26. The number of nitrogens with one attached hydrogen (secondary N) is 2. The van der Waals surface area contributed by atoms with Crippen LogP contribution in [0.5, 0.6) is 0 Å². The second-order valence-electron chi connectivity index (χ2n) is 11.0. The van der Waals surface area contributed by atoms with E-state index in [0.29, 0.717) is 0 Å². The quantitative estimate of drug-likeness (QED) is 0.0748. The molecule has 0 radical (unpaired) electrons.